The van der Waals surface area contributed by atoms with Crippen molar-refractivity contribution in [1.29, 1.82) is 0 Å². The van der Waals surface area contributed by atoms with Crippen molar-refractivity contribution in [2.24, 2.45) is 12.0 Å². The number of methoxy groups -OCH3 is 1. The van der Waals surface area contributed by atoms with Crippen molar-refractivity contribution in [3.8, 4) is 5.75 Å². The number of rotatable bonds is 1. The quantitative estimate of drug-likeness (QED) is 0.798. The highest BCUT2D eigenvalue weighted by atomic mass is 35.5. The van der Waals surface area contributed by atoms with Crippen LogP contribution in [0.4, 0.5) is 0 Å². The zero-order valence-electron chi connectivity index (χ0n) is 9.65. The van der Waals surface area contributed by atoms with Gasteiger partial charge < -0.3 is 9.30 Å². The Balaban J connectivity index is 2.91. The first-order valence-corrected chi connectivity index (χ1v) is 6.11. The smallest absolute Gasteiger partial charge is 0.245 e. The van der Waals surface area contributed by atoms with E-state index in [1.807, 2.05) is 11.6 Å². The van der Waals surface area contributed by atoms with Crippen molar-refractivity contribution in [1.82, 2.24) is 4.57 Å². The molecule has 90 valence electrons. The Bertz CT molecular complexity index is 657. The molecule has 17 heavy (non-hydrogen) atoms. The number of fused-ring (bicyclic) bond motifs is 1. The van der Waals surface area contributed by atoms with E-state index in [0.29, 0.717) is 15.6 Å². The van der Waals surface area contributed by atoms with Gasteiger partial charge >= 0.3 is 0 Å². The molecule has 2 aromatic rings. The topological polar surface area (TPSA) is 43.6 Å². The van der Waals surface area contributed by atoms with Crippen molar-refractivity contribution in [3.63, 3.8) is 0 Å². The number of aryl methyl sites for hydroxylation is 1. The van der Waals surface area contributed by atoms with E-state index in [-0.39, 0.29) is 5.91 Å². The second-order valence-corrected chi connectivity index (χ2v) is 4.89. The van der Waals surface area contributed by atoms with Gasteiger partial charge in [0.2, 0.25) is 5.91 Å². The number of amides is 1. The van der Waals surface area contributed by atoms with E-state index in [4.69, 9.17) is 16.3 Å². The van der Waals surface area contributed by atoms with Crippen molar-refractivity contribution >= 4 is 39.1 Å². The Kier molecular flexibility index (Phi) is 3.22. The summed E-state index contributed by atoms with van der Waals surface area (Å²) >= 11 is 7.49. The van der Waals surface area contributed by atoms with E-state index in [9.17, 15) is 4.79 Å². The minimum atomic E-state index is -0.234. The molecule has 1 heterocycles. The number of benzene rings is 1. The average molecular weight is 271 g/mol. The molecule has 1 amide bonds. The molecule has 0 bridgehead atoms. The minimum absolute atomic E-state index is 0.234. The molecule has 0 aliphatic rings. The predicted molar refractivity (Wildman–Crippen MR) is 68.6 cm³/mol. The standard InChI is InChI=1S/C11H11ClN2O2S/c1-6(15)13-11-14(2)9-8(16-3)5-4-7(12)10(9)17-11/h4-5H,1-3H3. The zero-order valence-corrected chi connectivity index (χ0v) is 11.2. The lowest BCUT2D eigenvalue weighted by atomic mass is 10.3. The van der Waals surface area contributed by atoms with Crippen LogP contribution in [0.25, 0.3) is 10.2 Å². The first-order chi connectivity index (χ1) is 8.04. The van der Waals surface area contributed by atoms with Gasteiger partial charge in [0.1, 0.15) is 11.3 Å². The maximum absolute atomic E-state index is 11.0. The molecule has 0 radical (unpaired) electrons. The maximum Gasteiger partial charge on any atom is 0.245 e. The van der Waals surface area contributed by atoms with Gasteiger partial charge in [0.15, 0.2) is 4.80 Å². The van der Waals surface area contributed by atoms with E-state index in [1.54, 1.807) is 19.2 Å². The van der Waals surface area contributed by atoms with Gasteiger partial charge in [0, 0.05) is 14.0 Å². The summed E-state index contributed by atoms with van der Waals surface area (Å²) in [5, 5.41) is 0.631. The number of hydrogen-bond donors (Lipinski definition) is 0. The lowest BCUT2D eigenvalue weighted by molar-refractivity contribution is -0.116. The highest BCUT2D eigenvalue weighted by molar-refractivity contribution is 7.17. The van der Waals surface area contributed by atoms with E-state index in [2.05, 4.69) is 4.99 Å². The second-order valence-electron chi connectivity index (χ2n) is 3.50. The highest BCUT2D eigenvalue weighted by Crippen LogP contribution is 2.32. The van der Waals surface area contributed by atoms with Crippen LogP contribution in [0.5, 0.6) is 5.75 Å². The molecule has 6 heteroatoms. The van der Waals surface area contributed by atoms with E-state index >= 15 is 0 Å². The van der Waals surface area contributed by atoms with Crippen LogP contribution in [0.1, 0.15) is 6.92 Å². The highest BCUT2D eigenvalue weighted by Gasteiger charge is 2.12. The van der Waals surface area contributed by atoms with Crippen LogP contribution < -0.4 is 9.54 Å². The molecule has 0 fully saturated rings. The number of thiazole rings is 1. The summed E-state index contributed by atoms with van der Waals surface area (Å²) in [5.41, 5.74) is 0.852. The van der Waals surface area contributed by atoms with Crippen molar-refractivity contribution in [2.45, 2.75) is 6.92 Å². The average Bonchev–Trinajstić information content (AvgIpc) is 2.58. The molecule has 0 saturated heterocycles. The molecular formula is C11H11ClN2O2S. The third kappa shape index (κ3) is 2.08. The van der Waals surface area contributed by atoms with Crippen LogP contribution in [0.2, 0.25) is 5.02 Å². The summed E-state index contributed by atoms with van der Waals surface area (Å²) in [6.07, 6.45) is 0. The normalized spacial score (nSPS) is 12.1. The molecule has 0 aliphatic heterocycles. The number of ether oxygens (including phenoxy) is 1. The molecule has 0 saturated carbocycles. The summed E-state index contributed by atoms with van der Waals surface area (Å²) < 4.78 is 7.96. The monoisotopic (exact) mass is 270 g/mol. The molecular weight excluding hydrogens is 260 g/mol. The first kappa shape index (κ1) is 12.1. The molecule has 2 rings (SSSR count). The third-order valence-corrected chi connectivity index (χ3v) is 3.93. The molecule has 0 atom stereocenters. The fourth-order valence-electron chi connectivity index (χ4n) is 1.60. The van der Waals surface area contributed by atoms with Gasteiger partial charge in [-0.1, -0.05) is 22.9 Å². The van der Waals surface area contributed by atoms with Crippen LogP contribution in [0.3, 0.4) is 0 Å². The SMILES string of the molecule is COc1ccc(Cl)c2sc(=NC(C)=O)n(C)c12. The number of carbonyl (C=O) groups excluding carboxylic acids is 1. The molecule has 1 aromatic carbocycles. The van der Waals surface area contributed by atoms with E-state index in [1.165, 1.54) is 18.3 Å². The Labute approximate surface area is 107 Å². The second kappa shape index (κ2) is 4.50. The summed E-state index contributed by atoms with van der Waals surface area (Å²) in [5.74, 6) is 0.482. The largest absolute Gasteiger partial charge is 0.495 e. The fourth-order valence-corrected chi connectivity index (χ4v) is 2.95. The number of halogens is 1. The van der Waals surface area contributed by atoms with Crippen LogP contribution in [0, 0.1) is 0 Å². The molecule has 0 spiro atoms. The molecule has 0 N–H and O–H groups in total. The van der Waals surface area contributed by atoms with Gasteiger partial charge in [-0.3, -0.25) is 4.79 Å². The number of hydrogen-bond acceptors (Lipinski definition) is 3. The summed E-state index contributed by atoms with van der Waals surface area (Å²) in [7, 11) is 3.43. The number of carbonyl (C=O) groups is 1. The zero-order chi connectivity index (χ0) is 12.6. The Morgan fingerprint density at radius 1 is 1.53 bits per heavy atom. The maximum atomic E-state index is 11.0. The molecule has 0 unspecified atom stereocenters. The van der Waals surface area contributed by atoms with Crippen LogP contribution in [-0.2, 0) is 11.8 Å². The van der Waals surface area contributed by atoms with E-state index in [0.717, 1.165) is 10.2 Å². The summed E-state index contributed by atoms with van der Waals surface area (Å²) in [6.45, 7) is 1.42. The van der Waals surface area contributed by atoms with Crippen molar-refractivity contribution in [2.75, 3.05) is 7.11 Å². The summed E-state index contributed by atoms with van der Waals surface area (Å²) in [6, 6.07) is 3.58. The third-order valence-electron chi connectivity index (χ3n) is 2.34. The lowest BCUT2D eigenvalue weighted by Gasteiger charge is -2.04. The number of nitrogens with zero attached hydrogens (tertiary/aromatic N) is 2. The van der Waals surface area contributed by atoms with Gasteiger partial charge in [0.05, 0.1) is 16.8 Å². The number of aromatic nitrogens is 1. The Hall–Kier alpha value is -1.33. The Morgan fingerprint density at radius 2 is 2.24 bits per heavy atom. The van der Waals surface area contributed by atoms with Crippen LogP contribution in [-0.4, -0.2) is 17.6 Å². The van der Waals surface area contributed by atoms with Gasteiger partial charge in [-0.15, -0.1) is 0 Å². The van der Waals surface area contributed by atoms with Gasteiger partial charge in [-0.25, -0.2) is 0 Å². The van der Waals surface area contributed by atoms with Crippen molar-refractivity contribution in [3.05, 3.63) is 22.0 Å². The minimum Gasteiger partial charge on any atom is -0.495 e. The Morgan fingerprint density at radius 3 is 2.82 bits per heavy atom. The van der Waals surface area contributed by atoms with E-state index < -0.39 is 0 Å². The fraction of sp³-hybridized carbons (Fsp3) is 0.273. The molecule has 4 nitrogen and oxygen atoms in total. The van der Waals surface area contributed by atoms with Crippen molar-refractivity contribution < 1.29 is 9.53 Å². The van der Waals surface area contributed by atoms with Gasteiger partial charge in [0.25, 0.3) is 0 Å². The summed E-state index contributed by atoms with van der Waals surface area (Å²) in [4.78, 5) is 15.6. The lowest BCUT2D eigenvalue weighted by Crippen LogP contribution is -2.12. The van der Waals surface area contributed by atoms with Crippen LogP contribution >= 0.6 is 22.9 Å². The van der Waals surface area contributed by atoms with Crippen LogP contribution in [0.15, 0.2) is 17.1 Å². The van der Waals surface area contributed by atoms with Gasteiger partial charge in [-0.05, 0) is 12.1 Å². The predicted octanol–water partition coefficient (Wildman–Crippen LogP) is 2.35. The molecule has 1 aromatic heterocycles. The van der Waals surface area contributed by atoms with Gasteiger partial charge in [-0.2, -0.15) is 4.99 Å². The molecule has 0 aliphatic carbocycles. The first-order valence-electron chi connectivity index (χ1n) is 4.92.